The van der Waals surface area contributed by atoms with Crippen LogP contribution in [0.2, 0.25) is 0 Å². The monoisotopic (exact) mass is 264 g/mol. The average Bonchev–Trinajstić information content (AvgIpc) is 2.86. The number of halogens is 1. The number of nitrogens with zero attached hydrogens (tertiary/aromatic N) is 1. The van der Waals surface area contributed by atoms with Gasteiger partial charge in [-0.15, -0.1) is 0 Å². The van der Waals surface area contributed by atoms with Crippen LogP contribution in [0, 0.1) is 5.82 Å². The molecule has 0 spiro atoms. The van der Waals surface area contributed by atoms with Gasteiger partial charge in [-0.3, -0.25) is 0 Å². The van der Waals surface area contributed by atoms with Crippen molar-refractivity contribution in [2.24, 2.45) is 0 Å². The lowest BCUT2D eigenvalue weighted by molar-refractivity contribution is 0.150. The van der Waals surface area contributed by atoms with Crippen LogP contribution in [0.1, 0.15) is 44.2 Å². The molecule has 1 unspecified atom stereocenters. The number of hydrogen-bond donors (Lipinski definition) is 1. The van der Waals surface area contributed by atoms with Crippen LogP contribution in [0.5, 0.6) is 0 Å². The molecule has 1 fully saturated rings. The maximum Gasteiger partial charge on any atom is 0.123 e. The molecule has 1 aliphatic rings. The number of benzene rings is 1. The van der Waals surface area contributed by atoms with Crippen molar-refractivity contribution >= 4 is 0 Å². The standard InChI is InChI=1S/C16H25FN2/c1-13(14-7-6-8-15(17)11-14)18-12-16(19(2)3)9-4-5-10-16/h6-8,11,13,18H,4-5,9-10,12H2,1-3H3. The molecule has 1 aliphatic carbocycles. The summed E-state index contributed by atoms with van der Waals surface area (Å²) in [6.07, 6.45) is 5.13. The summed E-state index contributed by atoms with van der Waals surface area (Å²) in [5.74, 6) is -0.158. The first-order valence-corrected chi connectivity index (χ1v) is 7.20. The molecular formula is C16H25FN2. The van der Waals surface area contributed by atoms with Crippen LogP contribution in [0.4, 0.5) is 4.39 Å². The summed E-state index contributed by atoms with van der Waals surface area (Å²) < 4.78 is 13.2. The predicted octanol–water partition coefficient (Wildman–Crippen LogP) is 3.35. The number of nitrogens with one attached hydrogen (secondary N) is 1. The van der Waals surface area contributed by atoms with E-state index in [9.17, 15) is 4.39 Å². The Morgan fingerprint density at radius 3 is 2.58 bits per heavy atom. The van der Waals surface area contributed by atoms with E-state index in [4.69, 9.17) is 0 Å². The minimum atomic E-state index is -0.158. The molecule has 0 heterocycles. The minimum Gasteiger partial charge on any atom is -0.308 e. The second-order valence-corrected chi connectivity index (χ2v) is 5.98. The van der Waals surface area contributed by atoms with Gasteiger partial charge in [0, 0.05) is 18.1 Å². The highest BCUT2D eigenvalue weighted by atomic mass is 19.1. The largest absolute Gasteiger partial charge is 0.308 e. The first kappa shape index (κ1) is 14.5. The maximum atomic E-state index is 13.2. The highest BCUT2D eigenvalue weighted by molar-refractivity contribution is 5.19. The fourth-order valence-electron chi connectivity index (χ4n) is 3.05. The van der Waals surface area contributed by atoms with Crippen LogP contribution >= 0.6 is 0 Å². The van der Waals surface area contributed by atoms with Crippen molar-refractivity contribution in [3.63, 3.8) is 0 Å². The summed E-state index contributed by atoms with van der Waals surface area (Å²) in [5, 5.41) is 3.58. The van der Waals surface area contributed by atoms with Crippen molar-refractivity contribution in [2.45, 2.75) is 44.2 Å². The lowest BCUT2D eigenvalue weighted by Gasteiger charge is -2.37. The van der Waals surface area contributed by atoms with Gasteiger partial charge in [-0.2, -0.15) is 0 Å². The van der Waals surface area contributed by atoms with Crippen molar-refractivity contribution in [1.29, 1.82) is 0 Å². The Hall–Kier alpha value is -0.930. The van der Waals surface area contributed by atoms with E-state index in [2.05, 4.69) is 31.2 Å². The third-order valence-corrected chi connectivity index (χ3v) is 4.57. The van der Waals surface area contributed by atoms with Crippen LogP contribution in [-0.4, -0.2) is 31.1 Å². The van der Waals surface area contributed by atoms with Crippen molar-refractivity contribution < 1.29 is 4.39 Å². The van der Waals surface area contributed by atoms with E-state index < -0.39 is 0 Å². The Bertz CT molecular complexity index is 411. The summed E-state index contributed by atoms with van der Waals surface area (Å²) in [6, 6.07) is 7.06. The Labute approximate surface area is 116 Å². The Balaban J connectivity index is 1.97. The van der Waals surface area contributed by atoms with Gasteiger partial charge in [-0.1, -0.05) is 25.0 Å². The molecule has 106 valence electrons. The zero-order chi connectivity index (χ0) is 13.9. The minimum absolute atomic E-state index is 0.158. The fraction of sp³-hybridized carbons (Fsp3) is 0.625. The first-order chi connectivity index (χ1) is 9.03. The Morgan fingerprint density at radius 2 is 2.00 bits per heavy atom. The zero-order valence-electron chi connectivity index (χ0n) is 12.2. The van der Waals surface area contributed by atoms with E-state index in [1.165, 1.54) is 31.7 Å². The molecule has 0 bridgehead atoms. The quantitative estimate of drug-likeness (QED) is 0.877. The molecule has 1 aromatic rings. The highest BCUT2D eigenvalue weighted by Crippen LogP contribution is 2.33. The molecule has 2 rings (SSSR count). The molecule has 0 aromatic heterocycles. The van der Waals surface area contributed by atoms with Gasteiger partial charge in [0.05, 0.1) is 0 Å². The smallest absolute Gasteiger partial charge is 0.123 e. The molecule has 1 N–H and O–H groups in total. The first-order valence-electron chi connectivity index (χ1n) is 7.20. The Kier molecular flexibility index (Phi) is 4.58. The van der Waals surface area contributed by atoms with E-state index in [0.717, 1.165) is 12.1 Å². The van der Waals surface area contributed by atoms with Crippen LogP contribution in [0.3, 0.4) is 0 Å². The van der Waals surface area contributed by atoms with Crippen molar-refractivity contribution in [3.8, 4) is 0 Å². The van der Waals surface area contributed by atoms with Crippen LogP contribution in [0.15, 0.2) is 24.3 Å². The van der Waals surface area contributed by atoms with Crippen molar-refractivity contribution in [3.05, 3.63) is 35.6 Å². The molecule has 0 saturated heterocycles. The molecule has 1 atom stereocenters. The van der Waals surface area contributed by atoms with Gasteiger partial charge < -0.3 is 10.2 Å². The third kappa shape index (κ3) is 3.34. The number of likely N-dealkylation sites (N-methyl/N-ethyl adjacent to an activating group) is 1. The van der Waals surface area contributed by atoms with Crippen molar-refractivity contribution in [2.75, 3.05) is 20.6 Å². The average molecular weight is 264 g/mol. The molecule has 0 radical (unpaired) electrons. The predicted molar refractivity (Wildman–Crippen MR) is 77.7 cm³/mol. The number of hydrogen-bond acceptors (Lipinski definition) is 2. The van der Waals surface area contributed by atoms with Gasteiger partial charge in [0.15, 0.2) is 0 Å². The SMILES string of the molecule is CC(NCC1(N(C)C)CCCC1)c1cccc(F)c1. The molecule has 1 saturated carbocycles. The molecule has 0 amide bonds. The fourth-order valence-corrected chi connectivity index (χ4v) is 3.05. The molecule has 0 aliphatic heterocycles. The molecular weight excluding hydrogens is 239 g/mol. The van der Waals surface area contributed by atoms with Crippen LogP contribution < -0.4 is 5.32 Å². The summed E-state index contributed by atoms with van der Waals surface area (Å²) in [4.78, 5) is 2.35. The Morgan fingerprint density at radius 1 is 1.32 bits per heavy atom. The molecule has 2 nitrogen and oxygen atoms in total. The summed E-state index contributed by atoms with van der Waals surface area (Å²) in [7, 11) is 4.33. The normalized spacial score (nSPS) is 19.8. The molecule has 19 heavy (non-hydrogen) atoms. The highest BCUT2D eigenvalue weighted by Gasteiger charge is 2.35. The van der Waals surface area contributed by atoms with Gasteiger partial charge in [0.25, 0.3) is 0 Å². The maximum absolute atomic E-state index is 13.2. The summed E-state index contributed by atoms with van der Waals surface area (Å²) in [6.45, 7) is 3.07. The molecule has 1 aromatic carbocycles. The van der Waals surface area contributed by atoms with Gasteiger partial charge >= 0.3 is 0 Å². The van der Waals surface area contributed by atoms with Gasteiger partial charge in [0.1, 0.15) is 5.82 Å². The zero-order valence-corrected chi connectivity index (χ0v) is 12.2. The lowest BCUT2D eigenvalue weighted by atomic mass is 9.95. The van der Waals surface area contributed by atoms with E-state index in [-0.39, 0.29) is 17.4 Å². The van der Waals surface area contributed by atoms with Crippen LogP contribution in [0.25, 0.3) is 0 Å². The van der Waals surface area contributed by atoms with E-state index >= 15 is 0 Å². The van der Waals surface area contributed by atoms with E-state index in [1.54, 1.807) is 12.1 Å². The van der Waals surface area contributed by atoms with E-state index in [0.29, 0.717) is 0 Å². The second kappa shape index (κ2) is 6.02. The van der Waals surface area contributed by atoms with Gasteiger partial charge in [0.2, 0.25) is 0 Å². The summed E-state index contributed by atoms with van der Waals surface area (Å²) >= 11 is 0. The topological polar surface area (TPSA) is 15.3 Å². The lowest BCUT2D eigenvalue weighted by Crippen LogP contribution is -2.50. The number of rotatable bonds is 5. The second-order valence-electron chi connectivity index (χ2n) is 5.98. The molecule has 3 heteroatoms. The van der Waals surface area contributed by atoms with E-state index in [1.807, 2.05) is 6.07 Å². The summed E-state index contributed by atoms with van der Waals surface area (Å²) in [5.41, 5.74) is 1.30. The van der Waals surface area contributed by atoms with Gasteiger partial charge in [-0.05, 0) is 51.6 Å². The van der Waals surface area contributed by atoms with Gasteiger partial charge in [-0.25, -0.2) is 4.39 Å². The van der Waals surface area contributed by atoms with Crippen molar-refractivity contribution in [1.82, 2.24) is 10.2 Å². The third-order valence-electron chi connectivity index (χ3n) is 4.57. The van der Waals surface area contributed by atoms with Crippen LogP contribution in [-0.2, 0) is 0 Å².